The van der Waals surface area contributed by atoms with Crippen LogP contribution in [0.25, 0.3) is 10.2 Å². The Labute approximate surface area is 179 Å². The molecule has 0 bridgehead atoms. The zero-order valence-corrected chi connectivity index (χ0v) is 18.5. The van der Waals surface area contributed by atoms with Gasteiger partial charge in [0.15, 0.2) is 5.16 Å². The number of nitrogens with zero attached hydrogens (tertiary/aromatic N) is 2. The lowest BCUT2D eigenvalue weighted by Crippen LogP contribution is -2.28. The molecule has 1 atom stereocenters. The van der Waals surface area contributed by atoms with Crippen LogP contribution in [0.5, 0.6) is 0 Å². The van der Waals surface area contributed by atoms with Gasteiger partial charge in [0.1, 0.15) is 4.83 Å². The number of fused-ring (bicyclic) bond motifs is 3. The summed E-state index contributed by atoms with van der Waals surface area (Å²) >= 11 is 3.25. The smallest absolute Gasteiger partial charge is 0.263 e. The van der Waals surface area contributed by atoms with Crippen molar-refractivity contribution in [3.63, 3.8) is 0 Å². The molecule has 0 saturated heterocycles. The third kappa shape index (κ3) is 4.20. The van der Waals surface area contributed by atoms with Crippen LogP contribution in [0.2, 0.25) is 0 Å². The Balaban J connectivity index is 1.67. The molecular weight excluding hydrogens is 400 g/mol. The Kier molecular flexibility index (Phi) is 6.23. The highest BCUT2D eigenvalue weighted by molar-refractivity contribution is 7.99. The number of hydrogen-bond donors (Lipinski definition) is 0. The first-order chi connectivity index (χ1) is 14.1. The highest BCUT2D eigenvalue weighted by Gasteiger charge is 2.28. The second kappa shape index (κ2) is 8.86. The predicted octanol–water partition coefficient (Wildman–Crippen LogP) is 5.08. The molecule has 152 valence electrons. The molecule has 0 saturated carbocycles. The van der Waals surface area contributed by atoms with E-state index in [1.54, 1.807) is 33.7 Å². The lowest BCUT2D eigenvalue weighted by Gasteiger charge is -2.26. The Hall–Kier alpha value is -1.89. The van der Waals surface area contributed by atoms with Gasteiger partial charge >= 0.3 is 0 Å². The number of allylic oxidation sites excluding steroid dienone is 1. The van der Waals surface area contributed by atoms with Crippen molar-refractivity contribution >= 4 is 33.3 Å². The third-order valence-electron chi connectivity index (χ3n) is 5.31. The van der Waals surface area contributed by atoms with Gasteiger partial charge in [-0.15, -0.1) is 17.9 Å². The lowest BCUT2D eigenvalue weighted by molar-refractivity contribution is 0.00200. The van der Waals surface area contributed by atoms with Crippen molar-refractivity contribution in [1.82, 2.24) is 9.55 Å². The van der Waals surface area contributed by atoms with E-state index in [4.69, 9.17) is 9.72 Å². The fourth-order valence-electron chi connectivity index (χ4n) is 3.67. The fourth-order valence-corrected chi connectivity index (χ4v) is 5.84. The van der Waals surface area contributed by atoms with E-state index in [0.29, 0.717) is 19.1 Å². The maximum absolute atomic E-state index is 13.4. The number of thioether (sulfide) groups is 1. The first-order valence-electron chi connectivity index (χ1n) is 10.0. The standard InChI is InChI=1S/C23H26N2O2S2/c1-4-11-25-22(26)20-17-13-18(15(2)3)27-14-19(17)29-21(20)24-23(25)28-12-10-16-8-6-5-7-9-16/h4-9,15,18H,1,10-14H2,2-3H3/t18-/m0/s1. The van der Waals surface area contributed by atoms with Crippen molar-refractivity contribution in [2.45, 2.75) is 51.1 Å². The number of benzene rings is 1. The molecule has 3 aromatic rings. The minimum absolute atomic E-state index is 0.0546. The number of hydrogen-bond acceptors (Lipinski definition) is 5. The van der Waals surface area contributed by atoms with E-state index in [1.165, 1.54) is 5.56 Å². The molecule has 1 aliphatic heterocycles. The quantitative estimate of drug-likeness (QED) is 0.300. The summed E-state index contributed by atoms with van der Waals surface area (Å²) in [6, 6.07) is 10.4. The molecule has 0 N–H and O–H groups in total. The number of thiophene rings is 1. The average Bonchev–Trinajstić information content (AvgIpc) is 3.09. The SMILES string of the molecule is C=CCn1c(SCCc2ccccc2)nc2sc3c(c2c1=O)C[C@@H](C(C)C)OC3. The highest BCUT2D eigenvalue weighted by atomic mass is 32.2. The molecule has 0 unspecified atom stereocenters. The maximum atomic E-state index is 13.4. The number of rotatable bonds is 7. The normalized spacial score (nSPS) is 16.3. The monoisotopic (exact) mass is 426 g/mol. The van der Waals surface area contributed by atoms with Gasteiger partial charge in [0, 0.05) is 23.6 Å². The summed E-state index contributed by atoms with van der Waals surface area (Å²) in [4.78, 5) is 20.3. The molecule has 0 aliphatic carbocycles. The average molecular weight is 427 g/mol. The number of aryl methyl sites for hydroxylation is 1. The molecule has 2 aromatic heterocycles. The molecular formula is C23H26N2O2S2. The van der Waals surface area contributed by atoms with Crippen LogP contribution in [0.4, 0.5) is 0 Å². The van der Waals surface area contributed by atoms with Crippen LogP contribution < -0.4 is 5.56 Å². The molecule has 3 heterocycles. The van der Waals surface area contributed by atoms with Gasteiger partial charge < -0.3 is 4.74 Å². The zero-order chi connectivity index (χ0) is 20.4. The number of aromatic nitrogens is 2. The van der Waals surface area contributed by atoms with E-state index in [2.05, 4.69) is 44.7 Å². The van der Waals surface area contributed by atoms with Crippen molar-refractivity contribution in [2.75, 3.05) is 5.75 Å². The molecule has 4 rings (SSSR count). The van der Waals surface area contributed by atoms with Crippen LogP contribution in [0.3, 0.4) is 0 Å². The Morgan fingerprint density at radius 3 is 2.90 bits per heavy atom. The van der Waals surface area contributed by atoms with Crippen LogP contribution in [-0.4, -0.2) is 21.4 Å². The molecule has 0 amide bonds. The van der Waals surface area contributed by atoms with Crippen LogP contribution in [0.15, 0.2) is 52.9 Å². The van der Waals surface area contributed by atoms with Crippen LogP contribution in [0.1, 0.15) is 29.9 Å². The van der Waals surface area contributed by atoms with Gasteiger partial charge in [-0.05, 0) is 23.5 Å². The van der Waals surface area contributed by atoms with Crippen molar-refractivity contribution in [1.29, 1.82) is 0 Å². The van der Waals surface area contributed by atoms with Gasteiger partial charge in [0.2, 0.25) is 0 Å². The topological polar surface area (TPSA) is 44.1 Å². The summed E-state index contributed by atoms with van der Waals surface area (Å²) in [5.74, 6) is 1.30. The Bertz CT molecular complexity index is 1070. The summed E-state index contributed by atoms with van der Waals surface area (Å²) in [5.41, 5.74) is 2.49. The second-order valence-corrected chi connectivity index (χ2v) is 9.81. The minimum atomic E-state index is 0.0546. The molecule has 0 spiro atoms. The minimum Gasteiger partial charge on any atom is -0.372 e. The van der Waals surface area contributed by atoms with Gasteiger partial charge in [-0.25, -0.2) is 4.98 Å². The molecule has 0 fully saturated rings. The van der Waals surface area contributed by atoms with Crippen molar-refractivity contribution in [2.24, 2.45) is 5.92 Å². The fraction of sp³-hybridized carbons (Fsp3) is 0.391. The molecule has 4 nitrogen and oxygen atoms in total. The zero-order valence-electron chi connectivity index (χ0n) is 16.9. The van der Waals surface area contributed by atoms with E-state index < -0.39 is 0 Å². The molecule has 0 radical (unpaired) electrons. The van der Waals surface area contributed by atoms with Crippen LogP contribution >= 0.6 is 23.1 Å². The van der Waals surface area contributed by atoms with Crippen molar-refractivity contribution in [3.05, 3.63) is 69.3 Å². The van der Waals surface area contributed by atoms with Gasteiger partial charge in [-0.2, -0.15) is 0 Å². The first-order valence-corrected chi connectivity index (χ1v) is 11.8. The first kappa shape index (κ1) is 20.4. The summed E-state index contributed by atoms with van der Waals surface area (Å²) in [7, 11) is 0. The third-order valence-corrected chi connectivity index (χ3v) is 7.39. The molecule has 1 aliphatic rings. The van der Waals surface area contributed by atoms with Gasteiger partial charge in [-0.3, -0.25) is 9.36 Å². The maximum Gasteiger partial charge on any atom is 0.263 e. The summed E-state index contributed by atoms with van der Waals surface area (Å²) in [6.07, 6.45) is 3.67. The van der Waals surface area contributed by atoms with E-state index in [0.717, 1.165) is 44.4 Å². The predicted molar refractivity (Wildman–Crippen MR) is 122 cm³/mol. The molecule has 6 heteroatoms. The second-order valence-electron chi connectivity index (χ2n) is 7.66. The lowest BCUT2D eigenvalue weighted by atomic mass is 9.96. The van der Waals surface area contributed by atoms with E-state index in [9.17, 15) is 4.79 Å². The highest BCUT2D eigenvalue weighted by Crippen LogP contribution is 2.35. The summed E-state index contributed by atoms with van der Waals surface area (Å²) in [5, 5.41) is 1.56. The Morgan fingerprint density at radius 1 is 1.38 bits per heavy atom. The van der Waals surface area contributed by atoms with Crippen LogP contribution in [0, 0.1) is 5.92 Å². The van der Waals surface area contributed by atoms with E-state index in [-0.39, 0.29) is 11.7 Å². The van der Waals surface area contributed by atoms with Crippen molar-refractivity contribution in [3.8, 4) is 0 Å². The van der Waals surface area contributed by atoms with Gasteiger partial charge in [-0.1, -0.05) is 62.0 Å². The number of ether oxygens (including phenoxy) is 1. The van der Waals surface area contributed by atoms with Gasteiger partial charge in [0.05, 0.1) is 18.1 Å². The van der Waals surface area contributed by atoms with E-state index in [1.807, 2.05) is 6.07 Å². The van der Waals surface area contributed by atoms with Gasteiger partial charge in [0.25, 0.3) is 5.56 Å². The summed E-state index contributed by atoms with van der Waals surface area (Å²) < 4.78 is 7.79. The van der Waals surface area contributed by atoms with Crippen LogP contribution in [-0.2, 0) is 30.7 Å². The Morgan fingerprint density at radius 2 is 2.17 bits per heavy atom. The molecule has 29 heavy (non-hydrogen) atoms. The van der Waals surface area contributed by atoms with Crippen molar-refractivity contribution < 1.29 is 4.74 Å². The largest absolute Gasteiger partial charge is 0.372 e. The summed E-state index contributed by atoms with van der Waals surface area (Å²) in [6.45, 7) is 9.23. The molecule has 1 aromatic carbocycles. The van der Waals surface area contributed by atoms with E-state index >= 15 is 0 Å².